The maximum absolute atomic E-state index is 14.4. The van der Waals surface area contributed by atoms with Crippen molar-refractivity contribution >= 4 is 33.3 Å². The van der Waals surface area contributed by atoms with E-state index in [4.69, 9.17) is 4.74 Å². The SMILES string of the molecule is CCCCC(NC(=O)Nc1cc(C(=O)NC)c(F)cc1F)C1CCN(Cc2ccc(Oc3ccc(NS(=O)(=O)CC)cc3)nc2)CC1. The molecule has 1 aliphatic rings. The molecule has 1 atom stereocenters. The molecule has 14 heteroatoms. The van der Waals surface area contributed by atoms with Crippen LogP contribution in [0.15, 0.2) is 54.7 Å². The summed E-state index contributed by atoms with van der Waals surface area (Å²) in [5.74, 6) is -1.53. The Kier molecular flexibility index (Phi) is 12.5. The molecule has 0 spiro atoms. The third kappa shape index (κ3) is 10.3. The van der Waals surface area contributed by atoms with Crippen LogP contribution in [0.4, 0.5) is 25.0 Å². The number of ether oxygens (including phenoxy) is 1. The van der Waals surface area contributed by atoms with Gasteiger partial charge in [-0.1, -0.05) is 25.8 Å². The molecule has 2 heterocycles. The standard InChI is InChI=1S/C33H42F2N6O5S/c1-4-6-7-29(38-33(43)39-30-18-26(32(42)36-3)27(34)19-28(30)35)23-14-16-41(17-15-23)21-22-8-13-31(37-20-22)46-25-11-9-24(10-12-25)40-47(44,45)5-2/h8-13,18-20,23,29,40H,4-7,14-17,21H2,1-3H3,(H,36,42)(H2,38,39,43). The minimum atomic E-state index is -3.35. The number of nitrogens with one attached hydrogen (secondary N) is 4. The molecule has 4 N–H and O–H groups in total. The minimum absolute atomic E-state index is 0.0117. The van der Waals surface area contributed by atoms with Gasteiger partial charge >= 0.3 is 6.03 Å². The number of pyridine rings is 1. The summed E-state index contributed by atoms with van der Waals surface area (Å²) >= 11 is 0. The van der Waals surface area contributed by atoms with Crippen LogP contribution >= 0.6 is 0 Å². The number of amides is 3. The van der Waals surface area contributed by atoms with Crippen LogP contribution in [-0.2, 0) is 16.6 Å². The Morgan fingerprint density at radius 3 is 2.38 bits per heavy atom. The fourth-order valence-corrected chi connectivity index (χ4v) is 6.07. The average Bonchev–Trinajstić information content (AvgIpc) is 3.06. The molecular formula is C33H42F2N6O5S. The maximum Gasteiger partial charge on any atom is 0.319 e. The molecule has 0 saturated carbocycles. The molecule has 0 radical (unpaired) electrons. The molecular weight excluding hydrogens is 630 g/mol. The van der Waals surface area contributed by atoms with Gasteiger partial charge < -0.3 is 20.7 Å². The summed E-state index contributed by atoms with van der Waals surface area (Å²) < 4.78 is 60.3. The number of carbonyl (C=O) groups is 2. The topological polar surface area (TPSA) is 142 Å². The van der Waals surface area contributed by atoms with Gasteiger partial charge in [-0.05, 0) is 81.1 Å². The predicted octanol–water partition coefficient (Wildman–Crippen LogP) is 5.87. The molecule has 0 bridgehead atoms. The molecule has 3 amide bonds. The highest BCUT2D eigenvalue weighted by Gasteiger charge is 2.28. The normalized spacial score (nSPS) is 14.7. The number of hydrogen-bond acceptors (Lipinski definition) is 7. The van der Waals surface area contributed by atoms with Crippen molar-refractivity contribution in [2.45, 2.75) is 58.5 Å². The van der Waals surface area contributed by atoms with Gasteiger partial charge in [0.15, 0.2) is 0 Å². The summed E-state index contributed by atoms with van der Waals surface area (Å²) in [4.78, 5) is 31.6. The van der Waals surface area contributed by atoms with Crippen molar-refractivity contribution in [3.05, 3.63) is 77.5 Å². The van der Waals surface area contributed by atoms with Gasteiger partial charge in [0.05, 0.1) is 17.0 Å². The number of sulfonamides is 1. The first kappa shape index (κ1) is 35.6. The third-order valence-electron chi connectivity index (χ3n) is 8.10. The molecule has 2 aromatic carbocycles. The van der Waals surface area contributed by atoms with E-state index in [0.717, 1.165) is 56.8 Å². The fraction of sp³-hybridized carbons (Fsp3) is 0.424. The summed E-state index contributed by atoms with van der Waals surface area (Å²) in [7, 11) is -2.01. The number of unbranched alkanes of at least 4 members (excludes halogenated alkanes) is 1. The Balaban J connectivity index is 1.28. The lowest BCUT2D eigenvalue weighted by atomic mass is 9.86. The lowest BCUT2D eigenvalue weighted by Gasteiger charge is -2.36. The zero-order valence-corrected chi connectivity index (χ0v) is 27.6. The summed E-state index contributed by atoms with van der Waals surface area (Å²) in [5, 5.41) is 7.75. The Labute approximate surface area is 274 Å². The highest BCUT2D eigenvalue weighted by molar-refractivity contribution is 7.92. The summed E-state index contributed by atoms with van der Waals surface area (Å²) in [5.41, 5.74) is 0.854. The van der Waals surface area contributed by atoms with Gasteiger partial charge in [0, 0.05) is 43.7 Å². The van der Waals surface area contributed by atoms with Gasteiger partial charge in [-0.25, -0.2) is 27.0 Å². The van der Waals surface area contributed by atoms with Crippen molar-refractivity contribution in [2.75, 3.05) is 35.9 Å². The van der Waals surface area contributed by atoms with Crippen LogP contribution in [0.2, 0.25) is 0 Å². The lowest BCUT2D eigenvalue weighted by Crippen LogP contribution is -2.46. The lowest BCUT2D eigenvalue weighted by molar-refractivity contribution is 0.0959. The number of hydrogen-bond donors (Lipinski definition) is 4. The number of rotatable bonds is 14. The molecule has 0 aliphatic carbocycles. The second-order valence-electron chi connectivity index (χ2n) is 11.5. The molecule has 1 fully saturated rings. The molecule has 47 heavy (non-hydrogen) atoms. The number of anilines is 2. The molecule has 1 unspecified atom stereocenters. The first-order valence-corrected chi connectivity index (χ1v) is 17.4. The quantitative estimate of drug-likeness (QED) is 0.168. The number of likely N-dealkylation sites (tertiary alicyclic amines) is 1. The number of aromatic nitrogens is 1. The number of carbonyl (C=O) groups excluding carboxylic acids is 2. The van der Waals surface area contributed by atoms with Gasteiger partial charge in [-0.2, -0.15) is 0 Å². The molecule has 1 aromatic heterocycles. The molecule has 254 valence electrons. The van der Waals surface area contributed by atoms with E-state index in [1.165, 1.54) is 7.05 Å². The molecule has 3 aromatic rings. The molecule has 1 saturated heterocycles. The first-order valence-electron chi connectivity index (χ1n) is 15.7. The largest absolute Gasteiger partial charge is 0.439 e. The van der Waals surface area contributed by atoms with Crippen LogP contribution in [0.3, 0.4) is 0 Å². The molecule has 1 aliphatic heterocycles. The monoisotopic (exact) mass is 672 g/mol. The minimum Gasteiger partial charge on any atom is -0.439 e. The number of halogens is 2. The van der Waals surface area contributed by atoms with E-state index in [1.54, 1.807) is 43.5 Å². The van der Waals surface area contributed by atoms with Crippen molar-refractivity contribution in [3.63, 3.8) is 0 Å². The molecule has 4 rings (SSSR count). The number of benzene rings is 2. The van der Waals surface area contributed by atoms with E-state index in [0.29, 0.717) is 29.9 Å². The Morgan fingerprint density at radius 1 is 1.04 bits per heavy atom. The smallest absolute Gasteiger partial charge is 0.319 e. The van der Waals surface area contributed by atoms with Crippen molar-refractivity contribution < 1.29 is 31.5 Å². The second-order valence-corrected chi connectivity index (χ2v) is 13.5. The van der Waals surface area contributed by atoms with Crippen LogP contribution in [0, 0.1) is 17.6 Å². The second kappa shape index (κ2) is 16.5. The van der Waals surface area contributed by atoms with Crippen molar-refractivity contribution in [2.24, 2.45) is 5.92 Å². The maximum atomic E-state index is 14.4. The average molecular weight is 673 g/mol. The van der Waals surface area contributed by atoms with E-state index < -0.39 is 33.6 Å². The number of piperidine rings is 1. The third-order valence-corrected chi connectivity index (χ3v) is 9.40. The molecule has 11 nitrogen and oxygen atoms in total. The van der Waals surface area contributed by atoms with Crippen LogP contribution < -0.4 is 25.4 Å². The van der Waals surface area contributed by atoms with E-state index in [-0.39, 0.29) is 29.0 Å². The van der Waals surface area contributed by atoms with Crippen LogP contribution in [0.5, 0.6) is 11.6 Å². The van der Waals surface area contributed by atoms with Crippen molar-refractivity contribution in [3.8, 4) is 11.6 Å². The Hall–Kier alpha value is -4.30. The zero-order chi connectivity index (χ0) is 34.0. The van der Waals surface area contributed by atoms with Crippen molar-refractivity contribution in [1.29, 1.82) is 0 Å². The highest BCUT2D eigenvalue weighted by Crippen LogP contribution is 2.27. The van der Waals surface area contributed by atoms with Gasteiger partial charge in [-0.3, -0.25) is 14.4 Å². The summed E-state index contributed by atoms with van der Waals surface area (Å²) in [6, 6.07) is 11.2. The highest BCUT2D eigenvalue weighted by atomic mass is 32.2. The predicted molar refractivity (Wildman–Crippen MR) is 177 cm³/mol. The van der Waals surface area contributed by atoms with E-state index in [9.17, 15) is 26.8 Å². The van der Waals surface area contributed by atoms with Crippen LogP contribution in [0.1, 0.15) is 61.9 Å². The summed E-state index contributed by atoms with van der Waals surface area (Å²) in [6.45, 7) is 6.00. The number of urea groups is 1. The zero-order valence-electron chi connectivity index (χ0n) is 26.8. The Bertz CT molecular complexity index is 1620. The van der Waals surface area contributed by atoms with E-state index in [2.05, 4.69) is 37.5 Å². The first-order chi connectivity index (χ1) is 22.5. The van der Waals surface area contributed by atoms with E-state index in [1.807, 2.05) is 6.07 Å². The van der Waals surface area contributed by atoms with E-state index >= 15 is 0 Å². The summed E-state index contributed by atoms with van der Waals surface area (Å²) in [6.07, 6.45) is 6.13. The van der Waals surface area contributed by atoms with Gasteiger partial charge in [0.25, 0.3) is 5.91 Å². The van der Waals surface area contributed by atoms with Crippen molar-refractivity contribution in [1.82, 2.24) is 20.5 Å². The van der Waals surface area contributed by atoms with Crippen LogP contribution in [-0.4, -0.2) is 62.2 Å². The number of nitrogens with zero attached hydrogens (tertiary/aromatic N) is 2. The van der Waals surface area contributed by atoms with Crippen LogP contribution in [0.25, 0.3) is 0 Å². The van der Waals surface area contributed by atoms with Gasteiger partial charge in [0.1, 0.15) is 17.4 Å². The fourth-order valence-electron chi connectivity index (χ4n) is 5.43. The van der Waals surface area contributed by atoms with Gasteiger partial charge in [-0.15, -0.1) is 0 Å². The van der Waals surface area contributed by atoms with Gasteiger partial charge in [0.2, 0.25) is 15.9 Å². The Morgan fingerprint density at radius 2 is 1.77 bits per heavy atom.